The van der Waals surface area contributed by atoms with Gasteiger partial charge in [0.15, 0.2) is 0 Å². The van der Waals surface area contributed by atoms with Gasteiger partial charge in [0.25, 0.3) is 0 Å². The number of amides is 2. The first kappa shape index (κ1) is 79.0. The molecule has 0 radical (unpaired) electrons. The topological polar surface area (TPSA) is 225 Å². The van der Waals surface area contributed by atoms with Crippen molar-refractivity contribution < 1.29 is 67.7 Å². The number of carbonyl (C=O) groups is 5. The van der Waals surface area contributed by atoms with Crippen LogP contribution in [-0.4, -0.2) is 110 Å². The standard InChI is InChI=1S/C31H35NO5.C30H35NO5.C12H16O3.C9H12O/c1-35-31(34)19-16-28(32-30(33)20-22-36-21-8-13-25-9-4-2-5-10-25)23-26-14-17-29(18-15-26)37-24-27-11-6-3-7-12-27;32-29(19-21-35-20-7-12-24-8-3-1-4-9-24)31-27(15-18-30(33)34)22-25-13-16-28(17-14-25)36-23-26-10-5-2-6-11-26;13-12(14)8-10-15-9-4-7-11-5-2-1-3-6-11;10-8-4-7-9-5-2-1-3-6-9/h2-7,9-12,14-19,28H,8,13,20-24H2,1H3,(H,32,33);1-6,8-11,13-14,16-17,27H,7,12,15,18-23H2,(H,31,32)(H,33,34);1-3,5-6H,4,7-10H2,(H,13,14);1-3,5-6,10H,4,7-8H2/b19-16+;;;/t28-;27-;;/m11../s1. The van der Waals surface area contributed by atoms with Gasteiger partial charge in [-0.05, 0) is 139 Å². The number of rotatable bonds is 41. The molecule has 0 aliphatic rings. The molecule has 5 N–H and O–H groups in total. The van der Waals surface area contributed by atoms with Crippen LogP contribution in [0.2, 0.25) is 0 Å². The molecule has 0 unspecified atom stereocenters. The lowest BCUT2D eigenvalue weighted by Gasteiger charge is -2.19. The van der Waals surface area contributed by atoms with Crippen molar-refractivity contribution in [2.75, 3.05) is 53.4 Å². The molecule has 16 heteroatoms. The van der Waals surface area contributed by atoms with Crippen LogP contribution in [0.3, 0.4) is 0 Å². The van der Waals surface area contributed by atoms with E-state index in [1.807, 2.05) is 182 Å². The number of hydrogen-bond acceptors (Lipinski definition) is 12. The molecule has 16 nitrogen and oxygen atoms in total. The van der Waals surface area contributed by atoms with Crippen LogP contribution in [0.1, 0.15) is 102 Å². The van der Waals surface area contributed by atoms with Crippen molar-refractivity contribution >= 4 is 29.7 Å². The van der Waals surface area contributed by atoms with Crippen molar-refractivity contribution in [1.82, 2.24) is 10.6 Å². The molecule has 0 bridgehead atoms. The molecule has 98 heavy (non-hydrogen) atoms. The van der Waals surface area contributed by atoms with E-state index in [1.165, 1.54) is 35.4 Å². The first-order valence-electron chi connectivity index (χ1n) is 33.7. The number of nitrogens with one attached hydrogen (secondary N) is 2. The molecule has 8 rings (SSSR count). The number of methoxy groups -OCH3 is 1. The molecule has 0 aliphatic carbocycles. The third-order valence-electron chi connectivity index (χ3n) is 15.0. The Morgan fingerprint density at radius 1 is 0.388 bits per heavy atom. The van der Waals surface area contributed by atoms with E-state index in [4.69, 9.17) is 43.7 Å². The first-order valence-corrected chi connectivity index (χ1v) is 33.7. The van der Waals surface area contributed by atoms with Gasteiger partial charge in [0.2, 0.25) is 11.8 Å². The van der Waals surface area contributed by atoms with Gasteiger partial charge in [-0.2, -0.15) is 0 Å². The minimum atomic E-state index is -0.874. The number of aliphatic hydroxyl groups is 1. The molecule has 8 aromatic rings. The number of carbonyl (C=O) groups excluding carboxylic acids is 3. The second kappa shape index (κ2) is 50.6. The van der Waals surface area contributed by atoms with Crippen molar-refractivity contribution in [3.05, 3.63) is 287 Å². The Kier molecular flexibility index (Phi) is 40.8. The lowest BCUT2D eigenvalue weighted by molar-refractivity contribution is -0.138. The highest BCUT2D eigenvalue weighted by atomic mass is 16.5. The summed E-state index contributed by atoms with van der Waals surface area (Å²) in [6.45, 7) is 4.11. The molecule has 0 spiro atoms. The van der Waals surface area contributed by atoms with Crippen LogP contribution in [-0.2, 0) is 94.7 Å². The summed E-state index contributed by atoms with van der Waals surface area (Å²) < 4.78 is 32.8. The minimum Gasteiger partial charge on any atom is -0.489 e. The SMILES string of the molecule is COC(=O)/C=C/[C@H](Cc1ccc(OCc2ccccc2)cc1)NC(=O)CCOCCCc1ccccc1.O=C(O)CCOCCCc1ccccc1.O=C(O)CC[C@H](Cc1ccc(OCc2ccccc2)cc1)NC(=O)CCOCCCc1ccccc1.OCCCc1ccccc1. The Labute approximate surface area is 579 Å². The molecule has 0 aromatic heterocycles. The number of esters is 1. The average Bonchev–Trinajstić information content (AvgIpc) is 1.25. The number of ether oxygens (including phenoxy) is 6. The Hall–Kier alpha value is -9.71. The van der Waals surface area contributed by atoms with Gasteiger partial charge in [-0.25, -0.2) is 4.79 Å². The Bertz CT molecular complexity index is 3400. The summed E-state index contributed by atoms with van der Waals surface area (Å²) in [5.74, 6) is -0.883. The van der Waals surface area contributed by atoms with Gasteiger partial charge in [0.1, 0.15) is 24.7 Å². The predicted octanol–water partition coefficient (Wildman–Crippen LogP) is 14.0. The highest BCUT2D eigenvalue weighted by Gasteiger charge is 2.16. The summed E-state index contributed by atoms with van der Waals surface area (Å²) in [5, 5.41) is 32.0. The molecule has 0 aliphatic heterocycles. The zero-order chi connectivity index (χ0) is 69.7. The van der Waals surface area contributed by atoms with E-state index >= 15 is 0 Å². The van der Waals surface area contributed by atoms with E-state index < -0.39 is 17.9 Å². The highest BCUT2D eigenvalue weighted by molar-refractivity contribution is 5.82. The number of carboxylic acids is 2. The molecular weight excluding hydrogens is 1240 g/mol. The summed E-state index contributed by atoms with van der Waals surface area (Å²) >= 11 is 0. The highest BCUT2D eigenvalue weighted by Crippen LogP contribution is 2.19. The molecule has 0 fully saturated rings. The third-order valence-corrected chi connectivity index (χ3v) is 15.0. The molecule has 0 saturated carbocycles. The largest absolute Gasteiger partial charge is 0.489 e. The van der Waals surface area contributed by atoms with Gasteiger partial charge in [-0.15, -0.1) is 0 Å². The maximum Gasteiger partial charge on any atom is 0.330 e. The van der Waals surface area contributed by atoms with E-state index in [-0.39, 0.29) is 56.2 Å². The Morgan fingerprint density at radius 3 is 1.10 bits per heavy atom. The van der Waals surface area contributed by atoms with Gasteiger partial charge < -0.3 is 54.4 Å². The lowest BCUT2D eigenvalue weighted by Crippen LogP contribution is -2.37. The summed E-state index contributed by atoms with van der Waals surface area (Å²) in [5.41, 5.74) is 9.35. The fourth-order valence-electron chi connectivity index (χ4n) is 9.79. The van der Waals surface area contributed by atoms with E-state index in [9.17, 15) is 24.0 Å². The number of aliphatic hydroxyl groups excluding tert-OH is 1. The Morgan fingerprint density at radius 2 is 0.735 bits per heavy atom. The molecular formula is C82H98N2O14. The summed E-state index contributed by atoms with van der Waals surface area (Å²) in [6.07, 6.45) is 12.5. The second-order valence-electron chi connectivity index (χ2n) is 23.1. The molecule has 8 aromatic carbocycles. The van der Waals surface area contributed by atoms with Crippen molar-refractivity contribution in [1.29, 1.82) is 0 Å². The van der Waals surface area contributed by atoms with Crippen molar-refractivity contribution in [2.24, 2.45) is 0 Å². The van der Waals surface area contributed by atoms with Crippen LogP contribution >= 0.6 is 0 Å². The summed E-state index contributed by atoms with van der Waals surface area (Å²) in [4.78, 5) is 57.9. The number of hydrogen-bond donors (Lipinski definition) is 5. The normalized spacial score (nSPS) is 11.2. The van der Waals surface area contributed by atoms with Gasteiger partial charge in [0.05, 0.1) is 39.4 Å². The van der Waals surface area contributed by atoms with Crippen LogP contribution in [0.5, 0.6) is 11.5 Å². The van der Waals surface area contributed by atoms with Crippen LogP contribution in [0.15, 0.2) is 243 Å². The molecule has 0 saturated heterocycles. The smallest absolute Gasteiger partial charge is 0.330 e. The molecule has 520 valence electrons. The van der Waals surface area contributed by atoms with E-state index in [1.54, 1.807) is 6.08 Å². The zero-order valence-corrected chi connectivity index (χ0v) is 56.6. The quantitative estimate of drug-likeness (QED) is 0.0137. The average molecular weight is 1340 g/mol. The summed E-state index contributed by atoms with van der Waals surface area (Å²) in [6, 6.07) is 75.6. The zero-order valence-electron chi connectivity index (χ0n) is 56.6. The van der Waals surface area contributed by atoms with Crippen LogP contribution < -0.4 is 20.1 Å². The van der Waals surface area contributed by atoms with E-state index in [0.717, 1.165) is 85.1 Å². The second-order valence-corrected chi connectivity index (χ2v) is 23.1. The van der Waals surface area contributed by atoms with E-state index in [0.29, 0.717) is 72.1 Å². The van der Waals surface area contributed by atoms with Crippen LogP contribution in [0.25, 0.3) is 0 Å². The number of aryl methyl sites for hydroxylation is 4. The fourth-order valence-corrected chi connectivity index (χ4v) is 9.79. The maximum atomic E-state index is 12.5. The van der Waals surface area contributed by atoms with Crippen LogP contribution in [0, 0.1) is 0 Å². The van der Waals surface area contributed by atoms with Crippen LogP contribution in [0.4, 0.5) is 0 Å². The van der Waals surface area contributed by atoms with Gasteiger partial charge in [-0.1, -0.05) is 212 Å². The van der Waals surface area contributed by atoms with Crippen molar-refractivity contribution in [3.63, 3.8) is 0 Å². The Balaban J connectivity index is 0.000000263. The molecule has 0 heterocycles. The van der Waals surface area contributed by atoms with Gasteiger partial charge in [-0.3, -0.25) is 19.2 Å². The molecule has 2 amide bonds. The predicted molar refractivity (Wildman–Crippen MR) is 384 cm³/mol. The monoisotopic (exact) mass is 1330 g/mol. The van der Waals surface area contributed by atoms with Gasteiger partial charge >= 0.3 is 17.9 Å². The maximum absolute atomic E-state index is 12.5. The van der Waals surface area contributed by atoms with Gasteiger partial charge in [0, 0.05) is 57.8 Å². The number of benzene rings is 8. The minimum absolute atomic E-state index is 0.000791. The summed E-state index contributed by atoms with van der Waals surface area (Å²) in [7, 11) is 1.32. The molecule has 2 atom stereocenters. The third kappa shape index (κ3) is 38.7. The van der Waals surface area contributed by atoms with Crippen molar-refractivity contribution in [3.8, 4) is 11.5 Å². The lowest BCUT2D eigenvalue weighted by atomic mass is 10.0. The fraction of sp³-hybridized carbons (Fsp3) is 0.329. The van der Waals surface area contributed by atoms with E-state index in [2.05, 4.69) is 59.2 Å². The first-order chi connectivity index (χ1) is 47.9. The number of aliphatic carboxylic acids is 2. The number of carboxylic acid groups (broad SMARTS) is 2. The van der Waals surface area contributed by atoms with Crippen molar-refractivity contribution in [2.45, 2.75) is 122 Å².